The van der Waals surface area contributed by atoms with Crippen molar-refractivity contribution < 1.29 is 9.90 Å². The maximum Gasteiger partial charge on any atom is 0.317 e. The summed E-state index contributed by atoms with van der Waals surface area (Å²) < 4.78 is 0. The van der Waals surface area contributed by atoms with E-state index in [0.717, 1.165) is 18.5 Å². The van der Waals surface area contributed by atoms with Gasteiger partial charge >= 0.3 is 5.97 Å². The van der Waals surface area contributed by atoms with Gasteiger partial charge in [-0.2, -0.15) is 0 Å². The fraction of sp³-hybridized carbons (Fsp3) is 0.462. The van der Waals surface area contributed by atoms with Crippen molar-refractivity contribution in [2.24, 2.45) is 0 Å². The number of hydrogen-bond donors (Lipinski definition) is 1. The summed E-state index contributed by atoms with van der Waals surface area (Å²) in [6.07, 6.45) is 3.01. The molecule has 0 heterocycles. The van der Waals surface area contributed by atoms with Crippen molar-refractivity contribution in [2.45, 2.75) is 24.8 Å². The smallest absolute Gasteiger partial charge is 0.317 e. The number of carbonyl (C=O) groups is 1. The van der Waals surface area contributed by atoms with E-state index >= 15 is 0 Å². The van der Waals surface area contributed by atoms with Gasteiger partial charge in [0, 0.05) is 11.4 Å². The average Bonchev–Trinajstić information content (AvgIpc) is 2.29. The topological polar surface area (TPSA) is 40.5 Å². The highest BCUT2D eigenvalue weighted by Gasteiger charge is 2.09. The molecule has 0 bridgehead atoms. The highest BCUT2D eigenvalue weighted by Crippen LogP contribution is 2.15. The molecule has 0 spiro atoms. The summed E-state index contributed by atoms with van der Waals surface area (Å²) in [5, 5.41) is 8.83. The number of benzene rings is 1. The van der Waals surface area contributed by atoms with E-state index < -0.39 is 5.97 Å². The predicted molar refractivity (Wildman–Crippen MR) is 71.4 cm³/mol. The van der Waals surface area contributed by atoms with Gasteiger partial charge in [-0.15, -0.1) is 11.8 Å². The molecule has 94 valence electrons. The minimum atomic E-state index is -0.765. The molecule has 1 aromatic rings. The Bertz CT molecular complexity index is 351. The quantitative estimate of drug-likeness (QED) is 0.759. The Morgan fingerprint density at radius 3 is 2.47 bits per heavy atom. The molecule has 4 heteroatoms. The molecule has 0 atom stereocenters. The monoisotopic (exact) mass is 253 g/mol. The van der Waals surface area contributed by atoms with Gasteiger partial charge in [0.25, 0.3) is 0 Å². The van der Waals surface area contributed by atoms with E-state index in [1.807, 2.05) is 11.2 Å². The molecule has 17 heavy (non-hydrogen) atoms. The van der Waals surface area contributed by atoms with Gasteiger partial charge < -0.3 is 5.11 Å². The van der Waals surface area contributed by atoms with Crippen molar-refractivity contribution in [3.63, 3.8) is 0 Å². The van der Waals surface area contributed by atoms with E-state index in [2.05, 4.69) is 31.2 Å². The molecule has 0 amide bonds. The number of rotatable bonds is 7. The molecular formula is C13H19NO2S. The molecule has 0 saturated carbocycles. The zero-order valence-corrected chi connectivity index (χ0v) is 11.2. The van der Waals surface area contributed by atoms with Crippen molar-refractivity contribution in [3.05, 3.63) is 29.8 Å². The lowest BCUT2D eigenvalue weighted by Crippen LogP contribution is -2.30. The van der Waals surface area contributed by atoms with Gasteiger partial charge in [-0.3, -0.25) is 9.69 Å². The Kier molecular flexibility index (Phi) is 6.08. The van der Waals surface area contributed by atoms with Crippen LogP contribution in [0.1, 0.15) is 18.9 Å². The van der Waals surface area contributed by atoms with E-state index in [9.17, 15) is 4.79 Å². The van der Waals surface area contributed by atoms with Crippen LogP contribution >= 0.6 is 11.8 Å². The molecule has 1 rings (SSSR count). The van der Waals surface area contributed by atoms with Crippen LogP contribution in [-0.2, 0) is 11.3 Å². The first kappa shape index (κ1) is 14.1. The highest BCUT2D eigenvalue weighted by atomic mass is 32.2. The lowest BCUT2D eigenvalue weighted by atomic mass is 10.2. The van der Waals surface area contributed by atoms with Crippen LogP contribution in [0.15, 0.2) is 29.2 Å². The summed E-state index contributed by atoms with van der Waals surface area (Å²) in [6.45, 7) is 3.69. The third kappa shape index (κ3) is 5.24. The molecule has 0 radical (unpaired) electrons. The third-order valence-electron chi connectivity index (χ3n) is 2.46. The summed E-state index contributed by atoms with van der Waals surface area (Å²) in [5.74, 6) is -0.765. The predicted octanol–water partition coefficient (Wildman–Crippen LogP) is 2.71. The maximum absolute atomic E-state index is 10.7. The van der Waals surface area contributed by atoms with Crippen LogP contribution < -0.4 is 0 Å². The van der Waals surface area contributed by atoms with Crippen LogP contribution in [0.5, 0.6) is 0 Å². The zero-order valence-electron chi connectivity index (χ0n) is 10.3. The fourth-order valence-electron chi connectivity index (χ4n) is 1.71. The van der Waals surface area contributed by atoms with E-state index in [0.29, 0.717) is 6.54 Å². The average molecular weight is 253 g/mol. The zero-order chi connectivity index (χ0) is 12.7. The number of hydrogen-bond acceptors (Lipinski definition) is 3. The van der Waals surface area contributed by atoms with Gasteiger partial charge in [0.2, 0.25) is 0 Å². The van der Waals surface area contributed by atoms with Crippen LogP contribution in [0.4, 0.5) is 0 Å². The number of aliphatic carboxylic acids is 1. The first-order valence-corrected chi connectivity index (χ1v) is 6.95. The summed E-state index contributed by atoms with van der Waals surface area (Å²) in [6, 6.07) is 8.28. The molecule has 0 aliphatic rings. The molecular weight excluding hydrogens is 234 g/mol. The highest BCUT2D eigenvalue weighted by molar-refractivity contribution is 7.98. The Morgan fingerprint density at radius 1 is 1.35 bits per heavy atom. The number of nitrogens with zero attached hydrogens (tertiary/aromatic N) is 1. The molecule has 0 aliphatic heterocycles. The van der Waals surface area contributed by atoms with Gasteiger partial charge in [-0.1, -0.05) is 19.1 Å². The SMILES string of the molecule is CCCN(CC(=O)O)Cc1ccc(SC)cc1. The lowest BCUT2D eigenvalue weighted by molar-refractivity contribution is -0.138. The van der Waals surface area contributed by atoms with Gasteiger partial charge in [0.05, 0.1) is 6.54 Å². The summed E-state index contributed by atoms with van der Waals surface area (Å²) in [7, 11) is 0. The van der Waals surface area contributed by atoms with Crippen molar-refractivity contribution in [3.8, 4) is 0 Å². The van der Waals surface area contributed by atoms with Crippen molar-refractivity contribution in [1.82, 2.24) is 4.90 Å². The van der Waals surface area contributed by atoms with Crippen LogP contribution in [0.25, 0.3) is 0 Å². The Labute approximate surface area is 107 Å². The minimum absolute atomic E-state index is 0.109. The summed E-state index contributed by atoms with van der Waals surface area (Å²) in [4.78, 5) is 13.9. The van der Waals surface area contributed by atoms with Crippen LogP contribution in [0.3, 0.4) is 0 Å². The maximum atomic E-state index is 10.7. The van der Waals surface area contributed by atoms with Crippen LogP contribution in [0, 0.1) is 0 Å². The first-order chi connectivity index (χ1) is 8.15. The van der Waals surface area contributed by atoms with E-state index in [1.54, 1.807) is 11.8 Å². The molecule has 0 aliphatic carbocycles. The summed E-state index contributed by atoms with van der Waals surface area (Å²) >= 11 is 1.71. The van der Waals surface area contributed by atoms with Gasteiger partial charge in [0.1, 0.15) is 0 Å². The van der Waals surface area contributed by atoms with Crippen molar-refractivity contribution >= 4 is 17.7 Å². The fourth-order valence-corrected chi connectivity index (χ4v) is 2.12. The van der Waals surface area contributed by atoms with Crippen LogP contribution in [-0.4, -0.2) is 35.3 Å². The molecule has 1 N–H and O–H groups in total. The second-order valence-corrected chi connectivity index (χ2v) is 4.83. The summed E-state index contributed by atoms with van der Waals surface area (Å²) in [5.41, 5.74) is 1.16. The normalized spacial score (nSPS) is 10.8. The van der Waals surface area contributed by atoms with Gasteiger partial charge in [0.15, 0.2) is 0 Å². The van der Waals surface area contributed by atoms with E-state index in [4.69, 9.17) is 5.11 Å². The van der Waals surface area contributed by atoms with Crippen molar-refractivity contribution in [1.29, 1.82) is 0 Å². The second kappa shape index (κ2) is 7.35. The Hall–Kier alpha value is -1.00. The lowest BCUT2D eigenvalue weighted by Gasteiger charge is -2.19. The van der Waals surface area contributed by atoms with Crippen LogP contribution in [0.2, 0.25) is 0 Å². The number of carboxylic acids is 1. The molecule has 0 fully saturated rings. The van der Waals surface area contributed by atoms with E-state index in [1.165, 1.54) is 4.90 Å². The van der Waals surface area contributed by atoms with Crippen molar-refractivity contribution in [2.75, 3.05) is 19.3 Å². The molecule has 1 aromatic carbocycles. The molecule has 0 saturated heterocycles. The van der Waals surface area contributed by atoms with Gasteiger partial charge in [-0.05, 0) is 36.9 Å². The first-order valence-electron chi connectivity index (χ1n) is 5.72. The number of thioether (sulfide) groups is 1. The molecule has 0 aromatic heterocycles. The minimum Gasteiger partial charge on any atom is -0.480 e. The Morgan fingerprint density at radius 2 is 2.00 bits per heavy atom. The largest absolute Gasteiger partial charge is 0.480 e. The number of carboxylic acid groups (broad SMARTS) is 1. The second-order valence-electron chi connectivity index (χ2n) is 3.95. The third-order valence-corrected chi connectivity index (χ3v) is 3.21. The van der Waals surface area contributed by atoms with Gasteiger partial charge in [-0.25, -0.2) is 0 Å². The standard InChI is InChI=1S/C13H19NO2S/c1-3-8-14(10-13(15)16)9-11-4-6-12(17-2)7-5-11/h4-7H,3,8-10H2,1-2H3,(H,15,16). The van der Waals surface area contributed by atoms with E-state index in [-0.39, 0.29) is 6.54 Å². The molecule has 3 nitrogen and oxygen atoms in total. The Balaban J connectivity index is 2.61. The molecule has 0 unspecified atom stereocenters.